The number of nitro groups is 1. The van der Waals surface area contributed by atoms with E-state index in [2.05, 4.69) is 9.73 Å². The summed E-state index contributed by atoms with van der Waals surface area (Å²) in [6, 6.07) is 9.76. The summed E-state index contributed by atoms with van der Waals surface area (Å²) in [4.78, 5) is 26.4. The molecule has 0 N–H and O–H groups in total. The lowest BCUT2D eigenvalue weighted by atomic mass is 10.1. The molecule has 1 aliphatic heterocycles. The number of methoxy groups -OCH3 is 1. The van der Waals surface area contributed by atoms with Crippen LogP contribution in [0.25, 0.3) is 6.08 Å². The summed E-state index contributed by atoms with van der Waals surface area (Å²) in [5, 5.41) is 10.9. The first-order valence-electron chi connectivity index (χ1n) is 7.78. The quantitative estimate of drug-likeness (QED) is 0.324. The Balaban J connectivity index is 2.00. The molecule has 0 saturated carbocycles. The Morgan fingerprint density at radius 1 is 1.25 bits per heavy atom. The van der Waals surface area contributed by atoms with Gasteiger partial charge in [0.1, 0.15) is 0 Å². The molecule has 3 rings (SSSR count). The van der Waals surface area contributed by atoms with E-state index < -0.39 is 17.5 Å². The van der Waals surface area contributed by atoms with Crippen molar-refractivity contribution in [2.24, 2.45) is 4.99 Å². The average molecular weight is 390 g/mol. The Kier molecular flexibility index (Phi) is 5.30. The molecule has 0 amide bonds. The lowest BCUT2D eigenvalue weighted by Gasteiger charge is -2.12. The number of nitro benzene ring substituents is 1. The Labute approximate surface area is 156 Å². The number of aliphatic imine (C=N–C) groups is 1. The van der Waals surface area contributed by atoms with Crippen LogP contribution in [0.5, 0.6) is 11.5 Å². The number of alkyl halides is 2. The van der Waals surface area contributed by atoms with Gasteiger partial charge in [0.05, 0.1) is 12.0 Å². The second kappa shape index (κ2) is 7.82. The smallest absolute Gasteiger partial charge is 0.387 e. The zero-order chi connectivity index (χ0) is 20.3. The van der Waals surface area contributed by atoms with Gasteiger partial charge in [-0.2, -0.15) is 8.78 Å². The maximum atomic E-state index is 12.7. The number of ether oxygens (including phenoxy) is 3. The van der Waals surface area contributed by atoms with Crippen LogP contribution in [-0.2, 0) is 9.53 Å². The van der Waals surface area contributed by atoms with Crippen LogP contribution in [0.4, 0.5) is 14.5 Å². The fourth-order valence-electron chi connectivity index (χ4n) is 2.45. The summed E-state index contributed by atoms with van der Waals surface area (Å²) in [7, 11) is 1.28. The van der Waals surface area contributed by atoms with Crippen LogP contribution in [0.2, 0.25) is 0 Å². The molecular formula is C18H12F2N2O6. The standard InChI is InChI=1S/C18H12F2N2O6/c1-26-14-7-3-4-10(15(14)27-18(19)20)9-13-17(23)28-16(21-13)11-5-2-6-12(8-11)22(24)25/h2-9,18H,1H3/b13-9-. The third-order valence-corrected chi connectivity index (χ3v) is 3.65. The van der Waals surface area contributed by atoms with Crippen molar-refractivity contribution in [2.45, 2.75) is 6.61 Å². The minimum atomic E-state index is -3.10. The number of hydrogen-bond acceptors (Lipinski definition) is 7. The Morgan fingerprint density at radius 2 is 2.00 bits per heavy atom. The molecule has 0 fully saturated rings. The van der Waals surface area contributed by atoms with Gasteiger partial charge in [0, 0.05) is 23.3 Å². The van der Waals surface area contributed by atoms with Gasteiger partial charge in [0.2, 0.25) is 5.90 Å². The number of cyclic esters (lactones) is 1. The van der Waals surface area contributed by atoms with Crippen LogP contribution in [0.1, 0.15) is 11.1 Å². The van der Waals surface area contributed by atoms with Gasteiger partial charge in [-0.3, -0.25) is 10.1 Å². The highest BCUT2D eigenvalue weighted by molar-refractivity contribution is 6.13. The van der Waals surface area contributed by atoms with E-state index >= 15 is 0 Å². The first-order chi connectivity index (χ1) is 13.4. The predicted molar refractivity (Wildman–Crippen MR) is 93.3 cm³/mol. The summed E-state index contributed by atoms with van der Waals surface area (Å²) in [5.74, 6) is -1.20. The maximum absolute atomic E-state index is 12.7. The van der Waals surface area contributed by atoms with Gasteiger partial charge in [-0.15, -0.1) is 0 Å². The van der Waals surface area contributed by atoms with Crippen LogP contribution in [0.3, 0.4) is 0 Å². The molecule has 2 aromatic rings. The lowest BCUT2D eigenvalue weighted by molar-refractivity contribution is -0.384. The SMILES string of the molecule is COc1cccc(/C=C2\N=C(c3cccc([N+](=O)[O-])c3)OC2=O)c1OC(F)F. The summed E-state index contributed by atoms with van der Waals surface area (Å²) in [6.07, 6.45) is 1.20. The number of non-ortho nitro benzene ring substituents is 1. The molecule has 0 radical (unpaired) electrons. The van der Waals surface area contributed by atoms with Crippen molar-refractivity contribution in [3.63, 3.8) is 0 Å². The minimum Gasteiger partial charge on any atom is -0.493 e. The normalized spacial score (nSPS) is 14.8. The Hall–Kier alpha value is -3.82. The highest BCUT2D eigenvalue weighted by atomic mass is 19.3. The number of para-hydroxylation sites is 1. The van der Waals surface area contributed by atoms with Crippen LogP contribution in [0.15, 0.2) is 53.2 Å². The van der Waals surface area contributed by atoms with Crippen LogP contribution >= 0.6 is 0 Å². The third-order valence-electron chi connectivity index (χ3n) is 3.65. The molecule has 10 heteroatoms. The highest BCUT2D eigenvalue weighted by Gasteiger charge is 2.26. The van der Waals surface area contributed by atoms with Crippen molar-refractivity contribution in [3.8, 4) is 11.5 Å². The summed E-state index contributed by atoms with van der Waals surface area (Å²) in [5.41, 5.74) is -0.0424. The van der Waals surface area contributed by atoms with Gasteiger partial charge in [-0.25, -0.2) is 9.79 Å². The zero-order valence-electron chi connectivity index (χ0n) is 14.3. The molecular weight excluding hydrogens is 378 g/mol. The predicted octanol–water partition coefficient (Wildman–Crippen LogP) is 3.55. The van der Waals surface area contributed by atoms with E-state index in [-0.39, 0.29) is 39.9 Å². The number of halogens is 2. The molecule has 0 aliphatic carbocycles. The Morgan fingerprint density at radius 3 is 2.68 bits per heavy atom. The van der Waals surface area contributed by atoms with E-state index in [0.717, 1.165) is 0 Å². The minimum absolute atomic E-state index is 0.0453. The monoisotopic (exact) mass is 390 g/mol. The molecule has 0 unspecified atom stereocenters. The fourth-order valence-corrected chi connectivity index (χ4v) is 2.45. The molecule has 0 spiro atoms. The van der Waals surface area contributed by atoms with E-state index in [1.165, 1.54) is 55.7 Å². The van der Waals surface area contributed by atoms with E-state index in [0.29, 0.717) is 0 Å². The van der Waals surface area contributed by atoms with Crippen molar-refractivity contribution in [1.82, 2.24) is 0 Å². The Bertz CT molecular complexity index is 1000. The second-order valence-corrected chi connectivity index (χ2v) is 5.40. The molecule has 0 saturated heterocycles. The number of esters is 1. The molecule has 0 aromatic heterocycles. The lowest BCUT2D eigenvalue weighted by Crippen LogP contribution is -2.06. The number of rotatable bonds is 6. The molecule has 0 atom stereocenters. The molecule has 144 valence electrons. The summed E-state index contributed by atoms with van der Waals surface area (Å²) in [6.45, 7) is -3.10. The van der Waals surface area contributed by atoms with Crippen molar-refractivity contribution in [1.29, 1.82) is 0 Å². The zero-order valence-corrected chi connectivity index (χ0v) is 14.3. The van der Waals surface area contributed by atoms with E-state index in [1.807, 2.05) is 0 Å². The van der Waals surface area contributed by atoms with Gasteiger partial charge < -0.3 is 14.2 Å². The van der Waals surface area contributed by atoms with Crippen LogP contribution in [0, 0.1) is 10.1 Å². The van der Waals surface area contributed by atoms with Gasteiger partial charge in [-0.1, -0.05) is 18.2 Å². The first-order valence-corrected chi connectivity index (χ1v) is 7.78. The maximum Gasteiger partial charge on any atom is 0.387 e. The number of carbonyl (C=O) groups excluding carboxylic acids is 1. The molecule has 1 heterocycles. The number of carbonyl (C=O) groups is 1. The molecule has 28 heavy (non-hydrogen) atoms. The fraction of sp³-hybridized carbons (Fsp3) is 0.111. The van der Waals surface area contributed by atoms with Crippen LogP contribution in [-0.4, -0.2) is 30.5 Å². The van der Waals surface area contributed by atoms with Crippen molar-refractivity contribution in [3.05, 3.63) is 69.4 Å². The molecule has 1 aliphatic rings. The van der Waals surface area contributed by atoms with Crippen molar-refractivity contribution in [2.75, 3.05) is 7.11 Å². The topological polar surface area (TPSA) is 100 Å². The number of nitrogens with zero attached hydrogens (tertiary/aromatic N) is 2. The average Bonchev–Trinajstić information content (AvgIpc) is 3.03. The van der Waals surface area contributed by atoms with Gasteiger partial charge >= 0.3 is 12.6 Å². The largest absolute Gasteiger partial charge is 0.493 e. The van der Waals surface area contributed by atoms with E-state index in [4.69, 9.17) is 9.47 Å². The van der Waals surface area contributed by atoms with Gasteiger partial charge in [-0.05, 0) is 18.2 Å². The van der Waals surface area contributed by atoms with Crippen molar-refractivity contribution >= 4 is 23.6 Å². The summed E-state index contributed by atoms with van der Waals surface area (Å²) < 4.78 is 40.0. The molecule has 2 aromatic carbocycles. The number of hydrogen-bond donors (Lipinski definition) is 0. The first kappa shape index (κ1) is 19.0. The number of benzene rings is 2. The van der Waals surface area contributed by atoms with Gasteiger partial charge in [0.25, 0.3) is 5.69 Å². The molecule has 0 bridgehead atoms. The van der Waals surface area contributed by atoms with E-state index in [1.54, 1.807) is 0 Å². The van der Waals surface area contributed by atoms with Gasteiger partial charge in [0.15, 0.2) is 17.2 Å². The van der Waals surface area contributed by atoms with Crippen molar-refractivity contribution < 1.29 is 32.7 Å². The summed E-state index contributed by atoms with van der Waals surface area (Å²) >= 11 is 0. The van der Waals surface area contributed by atoms with E-state index in [9.17, 15) is 23.7 Å². The third kappa shape index (κ3) is 3.95. The second-order valence-electron chi connectivity index (χ2n) is 5.40. The highest BCUT2D eigenvalue weighted by Crippen LogP contribution is 2.34. The van der Waals surface area contributed by atoms with Crippen LogP contribution < -0.4 is 9.47 Å². The molecule has 8 nitrogen and oxygen atoms in total.